The Labute approximate surface area is 122 Å². The van der Waals surface area contributed by atoms with Gasteiger partial charge in [-0.25, -0.2) is 0 Å². The van der Waals surface area contributed by atoms with E-state index in [1.165, 1.54) is 32.1 Å². The van der Waals surface area contributed by atoms with Gasteiger partial charge in [-0.15, -0.1) is 0 Å². The molecule has 1 heterocycles. The Morgan fingerprint density at radius 2 is 2.05 bits per heavy atom. The molecule has 1 aliphatic heterocycles. The van der Waals surface area contributed by atoms with Crippen LogP contribution >= 0.6 is 0 Å². The zero-order chi connectivity index (χ0) is 14.5. The highest BCUT2D eigenvalue weighted by molar-refractivity contribution is 5.88. The lowest BCUT2D eigenvalue weighted by Crippen LogP contribution is -2.57. The first-order chi connectivity index (χ1) is 9.63. The molecule has 4 heteroatoms. The Kier molecular flexibility index (Phi) is 5.44. The van der Waals surface area contributed by atoms with Crippen LogP contribution in [0.1, 0.15) is 58.8 Å². The zero-order valence-electron chi connectivity index (χ0n) is 12.9. The summed E-state index contributed by atoms with van der Waals surface area (Å²) >= 11 is 0. The molecule has 4 nitrogen and oxygen atoms in total. The Morgan fingerprint density at radius 1 is 1.35 bits per heavy atom. The summed E-state index contributed by atoms with van der Waals surface area (Å²) in [6.45, 7) is 5.44. The largest absolute Gasteiger partial charge is 0.353 e. The molecule has 2 aliphatic rings. The SMILES string of the molecule is CC[C@@H]1C(=O)NCCN1C(=O)C[C@@H](C)C1CCCCC1. The zero-order valence-corrected chi connectivity index (χ0v) is 12.9. The maximum Gasteiger partial charge on any atom is 0.242 e. The van der Waals surface area contributed by atoms with Gasteiger partial charge in [0.1, 0.15) is 6.04 Å². The molecule has 2 fully saturated rings. The third-order valence-electron chi connectivity index (χ3n) is 4.99. The van der Waals surface area contributed by atoms with Gasteiger partial charge in [0.05, 0.1) is 0 Å². The number of hydrogen-bond donors (Lipinski definition) is 1. The van der Waals surface area contributed by atoms with Gasteiger partial charge in [-0.2, -0.15) is 0 Å². The van der Waals surface area contributed by atoms with Crippen molar-refractivity contribution in [3.8, 4) is 0 Å². The van der Waals surface area contributed by atoms with Crippen molar-refractivity contribution in [2.45, 2.75) is 64.8 Å². The molecule has 114 valence electrons. The number of amides is 2. The Bertz CT molecular complexity index is 350. The van der Waals surface area contributed by atoms with E-state index in [9.17, 15) is 9.59 Å². The van der Waals surface area contributed by atoms with Crippen molar-refractivity contribution in [3.63, 3.8) is 0 Å². The molecule has 0 aromatic carbocycles. The van der Waals surface area contributed by atoms with Crippen LogP contribution in [-0.2, 0) is 9.59 Å². The molecule has 0 radical (unpaired) electrons. The quantitative estimate of drug-likeness (QED) is 0.859. The summed E-state index contributed by atoms with van der Waals surface area (Å²) in [4.78, 5) is 26.1. The summed E-state index contributed by atoms with van der Waals surface area (Å²) in [7, 11) is 0. The molecule has 0 aromatic rings. The van der Waals surface area contributed by atoms with Crippen molar-refractivity contribution in [2.24, 2.45) is 11.8 Å². The number of nitrogens with one attached hydrogen (secondary N) is 1. The third kappa shape index (κ3) is 3.53. The van der Waals surface area contributed by atoms with Gasteiger partial charge in [0.15, 0.2) is 0 Å². The van der Waals surface area contributed by atoms with Crippen LogP contribution in [0.25, 0.3) is 0 Å². The monoisotopic (exact) mass is 280 g/mol. The Morgan fingerprint density at radius 3 is 2.70 bits per heavy atom. The molecule has 1 saturated carbocycles. The van der Waals surface area contributed by atoms with Crippen LogP contribution in [0.5, 0.6) is 0 Å². The van der Waals surface area contributed by atoms with Gasteiger partial charge < -0.3 is 10.2 Å². The van der Waals surface area contributed by atoms with Crippen LogP contribution in [0.3, 0.4) is 0 Å². The van der Waals surface area contributed by atoms with E-state index in [0.717, 1.165) is 0 Å². The minimum Gasteiger partial charge on any atom is -0.353 e. The lowest BCUT2D eigenvalue weighted by atomic mass is 9.79. The van der Waals surface area contributed by atoms with E-state index >= 15 is 0 Å². The number of rotatable bonds is 4. The van der Waals surface area contributed by atoms with Crippen molar-refractivity contribution in [1.29, 1.82) is 0 Å². The molecule has 20 heavy (non-hydrogen) atoms. The van der Waals surface area contributed by atoms with Gasteiger partial charge in [-0.05, 0) is 18.3 Å². The van der Waals surface area contributed by atoms with Crippen molar-refractivity contribution >= 4 is 11.8 Å². The third-order valence-corrected chi connectivity index (χ3v) is 4.99. The number of nitrogens with zero attached hydrogens (tertiary/aromatic N) is 1. The second-order valence-corrected chi connectivity index (χ2v) is 6.38. The van der Waals surface area contributed by atoms with Gasteiger partial charge in [0.2, 0.25) is 11.8 Å². The van der Waals surface area contributed by atoms with Gasteiger partial charge in [-0.1, -0.05) is 46.0 Å². The van der Waals surface area contributed by atoms with E-state index in [1.807, 2.05) is 6.92 Å². The minimum absolute atomic E-state index is 0.0115. The van der Waals surface area contributed by atoms with Crippen LogP contribution in [0, 0.1) is 11.8 Å². The molecule has 1 aliphatic carbocycles. The standard InChI is InChI=1S/C16H28N2O2/c1-3-14-16(20)17-9-10-18(14)15(19)11-12(2)13-7-5-4-6-8-13/h12-14H,3-11H2,1-2H3,(H,17,20)/t12-,14-/m1/s1. The van der Waals surface area contributed by atoms with Crippen LogP contribution in [0.4, 0.5) is 0 Å². The van der Waals surface area contributed by atoms with E-state index in [1.54, 1.807) is 4.90 Å². The topological polar surface area (TPSA) is 49.4 Å². The predicted molar refractivity (Wildman–Crippen MR) is 79.2 cm³/mol. The number of carbonyl (C=O) groups excluding carboxylic acids is 2. The fourth-order valence-electron chi connectivity index (χ4n) is 3.68. The van der Waals surface area contributed by atoms with Gasteiger partial charge >= 0.3 is 0 Å². The summed E-state index contributed by atoms with van der Waals surface area (Å²) in [5.41, 5.74) is 0. The summed E-state index contributed by atoms with van der Waals surface area (Å²) in [6, 6.07) is -0.255. The van der Waals surface area contributed by atoms with E-state index in [-0.39, 0.29) is 17.9 Å². The van der Waals surface area contributed by atoms with E-state index < -0.39 is 0 Å². The number of piperazine rings is 1. The van der Waals surface area contributed by atoms with Crippen LogP contribution in [0.15, 0.2) is 0 Å². The first kappa shape index (κ1) is 15.3. The first-order valence-corrected chi connectivity index (χ1v) is 8.20. The van der Waals surface area contributed by atoms with Crippen molar-refractivity contribution in [3.05, 3.63) is 0 Å². The molecule has 0 aromatic heterocycles. The van der Waals surface area contributed by atoms with Crippen LogP contribution < -0.4 is 5.32 Å². The summed E-state index contributed by atoms with van der Waals surface area (Å²) in [6.07, 6.45) is 7.82. The highest BCUT2D eigenvalue weighted by Gasteiger charge is 2.33. The number of hydrogen-bond acceptors (Lipinski definition) is 2. The fraction of sp³-hybridized carbons (Fsp3) is 0.875. The number of carbonyl (C=O) groups is 2. The van der Waals surface area contributed by atoms with E-state index in [4.69, 9.17) is 0 Å². The molecular formula is C16H28N2O2. The lowest BCUT2D eigenvalue weighted by Gasteiger charge is -2.36. The van der Waals surface area contributed by atoms with Gasteiger partial charge in [0, 0.05) is 19.5 Å². The molecular weight excluding hydrogens is 252 g/mol. The van der Waals surface area contributed by atoms with Crippen LogP contribution in [0.2, 0.25) is 0 Å². The van der Waals surface area contributed by atoms with Crippen molar-refractivity contribution in [2.75, 3.05) is 13.1 Å². The van der Waals surface area contributed by atoms with E-state index in [0.29, 0.717) is 37.8 Å². The van der Waals surface area contributed by atoms with Crippen LogP contribution in [-0.4, -0.2) is 35.8 Å². The minimum atomic E-state index is -0.255. The Hall–Kier alpha value is -1.06. The lowest BCUT2D eigenvalue weighted by molar-refractivity contribution is -0.144. The molecule has 0 unspecified atom stereocenters. The molecule has 0 spiro atoms. The fourth-order valence-corrected chi connectivity index (χ4v) is 3.68. The summed E-state index contributed by atoms with van der Waals surface area (Å²) < 4.78 is 0. The summed E-state index contributed by atoms with van der Waals surface area (Å²) in [5, 5.41) is 2.85. The second-order valence-electron chi connectivity index (χ2n) is 6.38. The normalized spacial score (nSPS) is 26.2. The molecule has 2 amide bonds. The van der Waals surface area contributed by atoms with Gasteiger partial charge in [0.25, 0.3) is 0 Å². The highest BCUT2D eigenvalue weighted by Crippen LogP contribution is 2.32. The second kappa shape index (κ2) is 7.09. The molecule has 1 N–H and O–H groups in total. The average molecular weight is 280 g/mol. The predicted octanol–water partition coefficient (Wildman–Crippen LogP) is 2.33. The molecule has 0 bridgehead atoms. The molecule has 2 rings (SSSR count). The molecule has 2 atom stereocenters. The average Bonchev–Trinajstić information content (AvgIpc) is 2.47. The smallest absolute Gasteiger partial charge is 0.242 e. The van der Waals surface area contributed by atoms with Crippen molar-refractivity contribution in [1.82, 2.24) is 10.2 Å². The summed E-state index contributed by atoms with van der Waals surface area (Å²) in [5.74, 6) is 1.33. The van der Waals surface area contributed by atoms with Crippen molar-refractivity contribution < 1.29 is 9.59 Å². The first-order valence-electron chi connectivity index (χ1n) is 8.20. The highest BCUT2D eigenvalue weighted by atomic mass is 16.2. The Balaban J connectivity index is 1.90. The molecule has 1 saturated heterocycles. The van der Waals surface area contributed by atoms with Gasteiger partial charge in [-0.3, -0.25) is 9.59 Å². The maximum atomic E-state index is 12.5. The maximum absolute atomic E-state index is 12.5. The van der Waals surface area contributed by atoms with E-state index in [2.05, 4.69) is 12.2 Å².